The Morgan fingerprint density at radius 2 is 1.38 bits per heavy atom. The van der Waals surface area contributed by atoms with Gasteiger partial charge in [-0.15, -0.1) is 0 Å². The third-order valence-corrected chi connectivity index (χ3v) is 4.91. The van der Waals surface area contributed by atoms with Crippen LogP contribution in [0.15, 0.2) is 0 Å². The molecule has 5 nitrogen and oxygen atoms in total. The van der Waals surface area contributed by atoms with E-state index >= 15 is 0 Å². The monoisotopic (exact) mass is 373 g/mol. The van der Waals surface area contributed by atoms with Crippen molar-refractivity contribution in [2.24, 2.45) is 0 Å². The summed E-state index contributed by atoms with van der Waals surface area (Å²) >= 11 is 0. The number of nitrogens with zero attached hydrogens (tertiary/aromatic N) is 2. The van der Waals surface area contributed by atoms with Crippen LogP contribution in [0.25, 0.3) is 0 Å². The lowest BCUT2D eigenvalue weighted by Crippen LogP contribution is -2.49. The van der Waals surface area contributed by atoms with E-state index in [-0.39, 0.29) is 0 Å². The number of aliphatic hydroxyl groups excluding tert-OH is 1. The molecule has 0 bridgehead atoms. The second kappa shape index (κ2) is 14.4. The second-order valence-electron chi connectivity index (χ2n) is 8.82. The summed E-state index contributed by atoms with van der Waals surface area (Å²) in [6.45, 7) is 5.77. The Morgan fingerprint density at radius 1 is 0.923 bits per heavy atom. The summed E-state index contributed by atoms with van der Waals surface area (Å²) in [6.07, 6.45) is 12.2. The van der Waals surface area contributed by atoms with E-state index in [4.69, 9.17) is 0 Å². The largest absolute Gasteiger partial charge is 0.480 e. The number of carboxylic acid groups (broad SMARTS) is 1. The van der Waals surface area contributed by atoms with Crippen LogP contribution in [0.4, 0.5) is 0 Å². The van der Waals surface area contributed by atoms with Gasteiger partial charge in [-0.3, -0.25) is 9.69 Å². The number of likely N-dealkylation sites (N-methyl/N-ethyl adjacent to an activating group) is 1. The van der Waals surface area contributed by atoms with Gasteiger partial charge in [-0.1, -0.05) is 64.7 Å². The number of rotatable bonds is 17. The van der Waals surface area contributed by atoms with Crippen LogP contribution in [0.2, 0.25) is 0 Å². The van der Waals surface area contributed by atoms with Gasteiger partial charge < -0.3 is 14.7 Å². The Kier molecular flexibility index (Phi) is 14.1. The minimum Gasteiger partial charge on any atom is -0.480 e. The first-order valence-corrected chi connectivity index (χ1v) is 10.6. The second-order valence-corrected chi connectivity index (χ2v) is 8.82. The molecule has 0 heterocycles. The number of unbranched alkanes of at least 4 members (excludes halogenated alkanes) is 9. The lowest BCUT2D eigenvalue weighted by atomic mass is 10.1. The van der Waals surface area contributed by atoms with Crippen molar-refractivity contribution in [1.82, 2.24) is 4.90 Å². The van der Waals surface area contributed by atoms with Crippen LogP contribution in [0, 0.1) is 0 Å². The third kappa shape index (κ3) is 14.5. The van der Waals surface area contributed by atoms with Crippen LogP contribution in [0.1, 0.15) is 78.1 Å². The molecule has 26 heavy (non-hydrogen) atoms. The Hall–Kier alpha value is -0.650. The van der Waals surface area contributed by atoms with Crippen molar-refractivity contribution in [2.75, 3.05) is 40.8 Å². The summed E-state index contributed by atoms with van der Waals surface area (Å²) in [5, 5.41) is 19.6. The van der Waals surface area contributed by atoms with Crippen molar-refractivity contribution in [3.8, 4) is 0 Å². The zero-order valence-corrected chi connectivity index (χ0v) is 18.0. The third-order valence-electron chi connectivity index (χ3n) is 4.91. The number of carboxylic acids is 1. The summed E-state index contributed by atoms with van der Waals surface area (Å²) in [5.74, 6) is -0.811. The minimum absolute atomic E-state index is 0.431. The van der Waals surface area contributed by atoms with E-state index in [1.165, 1.54) is 51.4 Å². The number of hydrogen-bond donors (Lipinski definition) is 2. The first-order chi connectivity index (χ1) is 12.2. The molecule has 5 heteroatoms. The summed E-state index contributed by atoms with van der Waals surface area (Å²) in [5.41, 5.74) is 0. The molecule has 0 radical (unpaired) electrons. The molecule has 0 aromatic heterocycles. The number of aliphatic hydroxyl groups is 1. The summed E-state index contributed by atoms with van der Waals surface area (Å²) in [4.78, 5) is 13.3. The Morgan fingerprint density at radius 3 is 1.81 bits per heavy atom. The quantitative estimate of drug-likeness (QED) is 0.301. The van der Waals surface area contributed by atoms with Crippen molar-refractivity contribution in [1.29, 1.82) is 0 Å². The van der Waals surface area contributed by atoms with Crippen LogP contribution in [0.5, 0.6) is 0 Å². The highest BCUT2D eigenvalue weighted by atomic mass is 16.4. The predicted octanol–water partition coefficient (Wildman–Crippen LogP) is 3.75. The molecule has 0 aliphatic carbocycles. The van der Waals surface area contributed by atoms with Gasteiger partial charge in [0.05, 0.1) is 21.1 Å². The molecule has 0 aromatic rings. The molecular formula is C21H45N2O3+. The van der Waals surface area contributed by atoms with Crippen molar-refractivity contribution in [3.63, 3.8) is 0 Å². The first-order valence-electron chi connectivity index (χ1n) is 10.6. The molecule has 0 aromatic carbocycles. The van der Waals surface area contributed by atoms with Crippen molar-refractivity contribution in [2.45, 2.75) is 90.2 Å². The van der Waals surface area contributed by atoms with Gasteiger partial charge in [0.15, 0.2) is 0 Å². The van der Waals surface area contributed by atoms with Gasteiger partial charge >= 0.3 is 5.97 Å². The van der Waals surface area contributed by atoms with E-state index < -0.39 is 18.1 Å². The maximum Gasteiger partial charge on any atom is 0.320 e. The average molecular weight is 374 g/mol. The van der Waals surface area contributed by atoms with Crippen LogP contribution in [-0.4, -0.2) is 78.5 Å². The molecule has 0 saturated carbocycles. The molecule has 0 amide bonds. The van der Waals surface area contributed by atoms with Crippen molar-refractivity contribution < 1.29 is 19.5 Å². The summed E-state index contributed by atoms with van der Waals surface area (Å²) in [6, 6.07) is -0.546. The van der Waals surface area contributed by atoms with Crippen molar-refractivity contribution >= 4 is 5.97 Å². The van der Waals surface area contributed by atoms with Crippen molar-refractivity contribution in [3.05, 3.63) is 0 Å². The molecule has 0 aliphatic rings. The lowest BCUT2D eigenvalue weighted by molar-refractivity contribution is -0.873. The molecule has 2 atom stereocenters. The van der Waals surface area contributed by atoms with Crippen LogP contribution in [0.3, 0.4) is 0 Å². The fourth-order valence-corrected chi connectivity index (χ4v) is 3.36. The zero-order chi connectivity index (χ0) is 20.0. The minimum atomic E-state index is -0.811. The topological polar surface area (TPSA) is 60.8 Å². The standard InChI is InChI=1S/C21H44N2O3/c1-6-7-8-9-10-11-12-13-14-15-16-22(19(2)21(25)26)17-20(24)18-23(3,4)5/h19-20,24H,6-18H2,1-5H3/p+1. The van der Waals surface area contributed by atoms with Gasteiger partial charge in [-0.05, 0) is 19.9 Å². The fourth-order valence-electron chi connectivity index (χ4n) is 3.36. The molecule has 2 N–H and O–H groups in total. The Balaban J connectivity index is 4.04. The number of carbonyl (C=O) groups is 1. The molecular weight excluding hydrogens is 328 g/mol. The number of quaternary nitrogens is 1. The molecule has 0 spiro atoms. The normalized spacial score (nSPS) is 14.6. The Labute approximate surface area is 162 Å². The Bertz CT molecular complexity index is 356. The molecule has 0 rings (SSSR count). The summed E-state index contributed by atoms with van der Waals surface area (Å²) < 4.78 is 0.675. The maximum absolute atomic E-state index is 11.4. The maximum atomic E-state index is 11.4. The van der Waals surface area contributed by atoms with E-state index in [1.807, 2.05) is 26.0 Å². The van der Waals surface area contributed by atoms with Crippen LogP contribution >= 0.6 is 0 Å². The van der Waals surface area contributed by atoms with Crippen LogP contribution in [-0.2, 0) is 4.79 Å². The molecule has 0 aliphatic heterocycles. The zero-order valence-electron chi connectivity index (χ0n) is 18.0. The van der Waals surface area contributed by atoms with E-state index in [2.05, 4.69) is 6.92 Å². The number of aliphatic carboxylic acids is 1. The predicted molar refractivity (Wildman–Crippen MR) is 109 cm³/mol. The highest BCUT2D eigenvalue weighted by molar-refractivity contribution is 5.72. The molecule has 0 saturated heterocycles. The van der Waals surface area contributed by atoms with E-state index in [1.54, 1.807) is 6.92 Å². The summed E-state index contributed by atoms with van der Waals surface area (Å²) in [7, 11) is 6.11. The number of hydrogen-bond acceptors (Lipinski definition) is 3. The SMILES string of the molecule is CCCCCCCCCCCCN(CC(O)C[N+](C)(C)C)C(C)C(=O)O. The van der Waals surface area contributed by atoms with Gasteiger partial charge in [0.25, 0.3) is 0 Å². The van der Waals surface area contributed by atoms with Gasteiger partial charge in [0.1, 0.15) is 18.7 Å². The fraction of sp³-hybridized carbons (Fsp3) is 0.952. The van der Waals surface area contributed by atoms with E-state index in [0.717, 1.165) is 19.4 Å². The highest BCUT2D eigenvalue weighted by Gasteiger charge is 2.25. The molecule has 0 fully saturated rings. The van der Waals surface area contributed by atoms with Gasteiger partial charge in [-0.25, -0.2) is 0 Å². The smallest absolute Gasteiger partial charge is 0.320 e. The average Bonchev–Trinajstić information content (AvgIpc) is 2.52. The van der Waals surface area contributed by atoms with E-state index in [0.29, 0.717) is 17.6 Å². The van der Waals surface area contributed by atoms with E-state index in [9.17, 15) is 15.0 Å². The molecule has 156 valence electrons. The van der Waals surface area contributed by atoms with Crippen LogP contribution < -0.4 is 0 Å². The van der Waals surface area contributed by atoms with Gasteiger partial charge in [0, 0.05) is 6.54 Å². The van der Waals surface area contributed by atoms with Gasteiger partial charge in [-0.2, -0.15) is 0 Å². The molecule has 2 unspecified atom stereocenters. The lowest BCUT2D eigenvalue weighted by Gasteiger charge is -2.32. The van der Waals surface area contributed by atoms with Gasteiger partial charge in [0.2, 0.25) is 0 Å². The first kappa shape index (κ1) is 25.4. The highest BCUT2D eigenvalue weighted by Crippen LogP contribution is 2.12.